The number of hydrogen-bond acceptors (Lipinski definition) is 3. The van der Waals surface area contributed by atoms with E-state index in [0.29, 0.717) is 6.07 Å². The first kappa shape index (κ1) is 18.8. The van der Waals surface area contributed by atoms with Crippen molar-refractivity contribution < 1.29 is 17.2 Å². The average Bonchev–Trinajstić information content (AvgIpc) is 2.62. The Balaban J connectivity index is 1.73. The highest BCUT2D eigenvalue weighted by Crippen LogP contribution is 2.22. The fourth-order valence-corrected chi connectivity index (χ4v) is 4.37. The van der Waals surface area contributed by atoms with E-state index < -0.39 is 21.7 Å². The maximum atomic E-state index is 13.3. The highest BCUT2D eigenvalue weighted by Gasteiger charge is 2.22. The molecule has 0 bridgehead atoms. The van der Waals surface area contributed by atoms with Gasteiger partial charge in [0.1, 0.15) is 11.6 Å². The van der Waals surface area contributed by atoms with E-state index in [4.69, 9.17) is 0 Å². The maximum absolute atomic E-state index is 13.3. The van der Waals surface area contributed by atoms with Crippen LogP contribution >= 0.6 is 0 Å². The van der Waals surface area contributed by atoms with Crippen LogP contribution in [0.3, 0.4) is 0 Å². The fraction of sp³-hybridized carbons (Fsp3) is 0.368. The summed E-state index contributed by atoms with van der Waals surface area (Å²) in [6.07, 6.45) is 3.64. The standard InChI is InChI=1S/C19H22F2N2O2S/c1-22(26(24,25)19-12-16(20)11-17(21)13-19)14-15-5-7-18(8-6-15)23-9-3-2-4-10-23/h5-8,11-13H,2-4,9-10,14H2,1H3. The molecule has 7 heteroatoms. The highest BCUT2D eigenvalue weighted by molar-refractivity contribution is 7.89. The van der Waals surface area contributed by atoms with Gasteiger partial charge in [-0.2, -0.15) is 4.31 Å². The van der Waals surface area contributed by atoms with Gasteiger partial charge in [0.15, 0.2) is 0 Å². The molecule has 1 fully saturated rings. The second-order valence-electron chi connectivity index (χ2n) is 6.58. The highest BCUT2D eigenvalue weighted by atomic mass is 32.2. The molecule has 2 aromatic carbocycles. The normalized spacial score (nSPS) is 15.5. The second kappa shape index (κ2) is 7.72. The van der Waals surface area contributed by atoms with Crippen LogP contribution in [0.25, 0.3) is 0 Å². The molecule has 3 rings (SSSR count). The summed E-state index contributed by atoms with van der Waals surface area (Å²) in [5, 5.41) is 0. The van der Waals surface area contributed by atoms with Gasteiger partial charge in [-0.1, -0.05) is 12.1 Å². The quantitative estimate of drug-likeness (QED) is 0.793. The predicted octanol–water partition coefficient (Wildman–Crippen LogP) is 3.78. The first-order valence-corrected chi connectivity index (χ1v) is 10.1. The van der Waals surface area contributed by atoms with Gasteiger partial charge in [0, 0.05) is 38.4 Å². The molecule has 1 aliphatic rings. The van der Waals surface area contributed by atoms with E-state index in [1.807, 2.05) is 24.3 Å². The Morgan fingerprint density at radius 2 is 1.54 bits per heavy atom. The minimum absolute atomic E-state index is 0.126. The molecule has 0 unspecified atom stereocenters. The lowest BCUT2D eigenvalue weighted by molar-refractivity contribution is 0.464. The van der Waals surface area contributed by atoms with Crippen LogP contribution in [0.2, 0.25) is 0 Å². The van der Waals surface area contributed by atoms with Gasteiger partial charge in [-0.05, 0) is 49.1 Å². The second-order valence-corrected chi connectivity index (χ2v) is 8.63. The SMILES string of the molecule is CN(Cc1ccc(N2CCCCC2)cc1)S(=O)(=O)c1cc(F)cc(F)c1. The van der Waals surface area contributed by atoms with Crippen LogP contribution in [-0.4, -0.2) is 32.9 Å². The zero-order valence-electron chi connectivity index (χ0n) is 14.7. The molecule has 2 aromatic rings. The van der Waals surface area contributed by atoms with E-state index in [9.17, 15) is 17.2 Å². The molecule has 4 nitrogen and oxygen atoms in total. The van der Waals surface area contributed by atoms with Crippen molar-refractivity contribution in [1.29, 1.82) is 0 Å². The first-order chi connectivity index (χ1) is 12.4. The molecule has 0 radical (unpaired) electrons. The Morgan fingerprint density at radius 3 is 2.12 bits per heavy atom. The number of hydrogen-bond donors (Lipinski definition) is 0. The Morgan fingerprint density at radius 1 is 0.962 bits per heavy atom. The van der Waals surface area contributed by atoms with E-state index in [0.717, 1.165) is 40.8 Å². The van der Waals surface area contributed by atoms with Crippen molar-refractivity contribution in [2.45, 2.75) is 30.7 Å². The summed E-state index contributed by atoms with van der Waals surface area (Å²) >= 11 is 0. The molecule has 0 aliphatic carbocycles. The van der Waals surface area contributed by atoms with Gasteiger partial charge >= 0.3 is 0 Å². The average molecular weight is 380 g/mol. The van der Waals surface area contributed by atoms with E-state index >= 15 is 0 Å². The molecule has 0 aromatic heterocycles. The van der Waals surface area contributed by atoms with Gasteiger partial charge in [-0.15, -0.1) is 0 Å². The molecular formula is C19H22F2N2O2S. The lowest BCUT2D eigenvalue weighted by atomic mass is 10.1. The summed E-state index contributed by atoms with van der Waals surface area (Å²) in [6, 6.07) is 10.1. The van der Waals surface area contributed by atoms with Crippen LogP contribution in [0.4, 0.5) is 14.5 Å². The van der Waals surface area contributed by atoms with Crippen LogP contribution < -0.4 is 4.90 Å². The number of benzene rings is 2. The van der Waals surface area contributed by atoms with E-state index in [1.165, 1.54) is 26.3 Å². The Kier molecular flexibility index (Phi) is 5.58. The topological polar surface area (TPSA) is 40.6 Å². The summed E-state index contributed by atoms with van der Waals surface area (Å²) < 4.78 is 52.9. The van der Waals surface area contributed by atoms with Crippen molar-refractivity contribution in [3.63, 3.8) is 0 Å². The van der Waals surface area contributed by atoms with Crippen LogP contribution in [0, 0.1) is 11.6 Å². The number of piperidine rings is 1. The molecule has 140 valence electrons. The first-order valence-electron chi connectivity index (χ1n) is 8.62. The fourth-order valence-electron chi connectivity index (χ4n) is 3.16. The minimum Gasteiger partial charge on any atom is -0.372 e. The summed E-state index contributed by atoms with van der Waals surface area (Å²) in [5.41, 5.74) is 1.94. The van der Waals surface area contributed by atoms with Crippen LogP contribution in [-0.2, 0) is 16.6 Å². The van der Waals surface area contributed by atoms with Crippen molar-refractivity contribution in [3.05, 3.63) is 59.7 Å². The molecule has 1 aliphatic heterocycles. The molecule has 0 amide bonds. The predicted molar refractivity (Wildman–Crippen MR) is 97.5 cm³/mol. The molecule has 0 atom stereocenters. The molecule has 0 saturated carbocycles. The number of sulfonamides is 1. The number of rotatable bonds is 5. The van der Waals surface area contributed by atoms with Crippen molar-refractivity contribution >= 4 is 15.7 Å². The Hall–Kier alpha value is -1.99. The third kappa shape index (κ3) is 4.22. The number of anilines is 1. The molecule has 1 saturated heterocycles. The third-order valence-corrected chi connectivity index (χ3v) is 6.39. The summed E-state index contributed by atoms with van der Waals surface area (Å²) in [4.78, 5) is 1.94. The Bertz CT molecular complexity index is 843. The Labute approximate surface area is 153 Å². The van der Waals surface area contributed by atoms with Crippen LogP contribution in [0.1, 0.15) is 24.8 Å². The molecule has 0 N–H and O–H groups in total. The van der Waals surface area contributed by atoms with Crippen molar-refractivity contribution in [2.75, 3.05) is 25.0 Å². The minimum atomic E-state index is -3.97. The molecular weight excluding hydrogens is 358 g/mol. The van der Waals surface area contributed by atoms with E-state index in [2.05, 4.69) is 4.90 Å². The van der Waals surface area contributed by atoms with Gasteiger partial charge in [0.2, 0.25) is 10.0 Å². The van der Waals surface area contributed by atoms with Gasteiger partial charge in [0.05, 0.1) is 4.90 Å². The van der Waals surface area contributed by atoms with Gasteiger partial charge in [-0.25, -0.2) is 17.2 Å². The lowest BCUT2D eigenvalue weighted by Crippen LogP contribution is -2.29. The van der Waals surface area contributed by atoms with Gasteiger partial charge in [-0.3, -0.25) is 0 Å². The van der Waals surface area contributed by atoms with Crippen LogP contribution in [0.15, 0.2) is 47.4 Å². The van der Waals surface area contributed by atoms with Crippen molar-refractivity contribution in [1.82, 2.24) is 4.31 Å². The van der Waals surface area contributed by atoms with E-state index in [-0.39, 0.29) is 11.4 Å². The lowest BCUT2D eigenvalue weighted by Gasteiger charge is -2.29. The molecule has 26 heavy (non-hydrogen) atoms. The smallest absolute Gasteiger partial charge is 0.243 e. The molecule has 0 spiro atoms. The zero-order chi connectivity index (χ0) is 18.7. The largest absolute Gasteiger partial charge is 0.372 e. The van der Waals surface area contributed by atoms with Gasteiger partial charge in [0.25, 0.3) is 0 Å². The summed E-state index contributed by atoms with van der Waals surface area (Å²) in [6.45, 7) is 2.21. The van der Waals surface area contributed by atoms with Crippen molar-refractivity contribution in [2.24, 2.45) is 0 Å². The number of nitrogens with zero attached hydrogens (tertiary/aromatic N) is 2. The van der Waals surface area contributed by atoms with E-state index in [1.54, 1.807) is 0 Å². The van der Waals surface area contributed by atoms with Crippen molar-refractivity contribution in [3.8, 4) is 0 Å². The molecule has 1 heterocycles. The summed E-state index contributed by atoms with van der Waals surface area (Å²) in [7, 11) is -2.57. The maximum Gasteiger partial charge on any atom is 0.243 e. The zero-order valence-corrected chi connectivity index (χ0v) is 15.5. The van der Waals surface area contributed by atoms with Gasteiger partial charge < -0.3 is 4.90 Å². The third-order valence-electron chi connectivity index (χ3n) is 4.61. The van der Waals surface area contributed by atoms with Crippen LogP contribution in [0.5, 0.6) is 0 Å². The summed E-state index contributed by atoms with van der Waals surface area (Å²) in [5.74, 6) is -1.83. The monoisotopic (exact) mass is 380 g/mol. The number of halogens is 2.